The van der Waals surface area contributed by atoms with E-state index in [1.54, 1.807) is 0 Å². The fraction of sp³-hybridized carbons (Fsp3) is 0. The molecule has 0 aliphatic heterocycles. The minimum Gasteiger partial charge on any atom is -0.759 e. The summed E-state index contributed by atoms with van der Waals surface area (Å²) in [7, 11) is -5.17. The topological polar surface area (TPSA) is 201 Å². The Labute approximate surface area is 164 Å². The van der Waals surface area contributed by atoms with E-state index in [1.165, 1.54) is 0 Å². The van der Waals surface area contributed by atoms with E-state index in [-0.39, 0.29) is 96.9 Å². The maximum atomic E-state index is 8.56. The first-order chi connectivity index (χ1) is 5.46. The number of carboxylic acid groups (broad SMARTS) is 4. The first-order valence-electron chi connectivity index (χ1n) is 1.93. The van der Waals surface area contributed by atoms with Gasteiger partial charge in [-0.3, -0.25) is 8.42 Å². The Hall–Kier alpha value is 1.67. The molecule has 0 rings (SSSR count). The van der Waals surface area contributed by atoms with Gasteiger partial charge in [-0.25, -0.2) is 4.79 Å². The monoisotopic (exact) mass is 304 g/mol. The zero-order valence-electron chi connectivity index (χ0n) is 8.28. The Morgan fingerprint density at radius 2 is 0.938 bits per heavy atom. The predicted octanol–water partition coefficient (Wildman–Crippen LogP) is -9.94. The van der Waals surface area contributed by atoms with Gasteiger partial charge in [-0.15, -0.1) is 0 Å². The van der Waals surface area contributed by atoms with Crippen LogP contribution >= 0.6 is 0 Å². The van der Waals surface area contributed by atoms with Crippen molar-refractivity contribution in [2.45, 2.75) is 0 Å². The Kier molecular flexibility index (Phi) is 49.4. The summed E-state index contributed by atoms with van der Waals surface area (Å²) in [6, 6.07) is 0. The summed E-state index contributed by atoms with van der Waals surface area (Å²) >= 11 is 0. The van der Waals surface area contributed by atoms with Gasteiger partial charge in [-0.1, -0.05) is 0 Å². The molecule has 0 aliphatic rings. The van der Waals surface area contributed by atoms with E-state index in [0.717, 1.165) is 0 Å². The largest absolute Gasteiger partial charge is 2.00 e. The van der Waals surface area contributed by atoms with Gasteiger partial charge in [-0.2, -0.15) is 0 Å². The van der Waals surface area contributed by atoms with Crippen molar-refractivity contribution in [1.29, 1.82) is 0 Å². The molecule has 0 atom stereocenters. The van der Waals surface area contributed by atoms with Crippen LogP contribution in [-0.2, 0) is 10.4 Å². The van der Waals surface area contributed by atoms with Crippen LogP contribution in [0.5, 0.6) is 0 Å². The van der Waals surface area contributed by atoms with Gasteiger partial charge in [0.05, 0.1) is 0 Å². The number of carbonyl (C=O) groups is 2. The molecule has 0 spiro atoms. The first-order valence-corrected chi connectivity index (χ1v) is 3.26. The molecule has 0 fully saturated rings. The van der Waals surface area contributed by atoms with Gasteiger partial charge in [0.15, 0.2) is 0 Å². The Bertz CT molecular complexity index is 222. The summed E-state index contributed by atoms with van der Waals surface area (Å²) < 4.78 is 34.1. The number of rotatable bonds is 0. The Morgan fingerprint density at radius 3 is 0.938 bits per heavy atom. The third-order valence-corrected chi connectivity index (χ3v) is 0. The summed E-state index contributed by atoms with van der Waals surface area (Å²) in [5.74, 6) is 0. The van der Waals surface area contributed by atoms with Crippen molar-refractivity contribution in [3.63, 3.8) is 0 Å². The summed E-state index contributed by atoms with van der Waals surface area (Å²) in [5, 5.41) is 30.6. The second-order valence-electron chi connectivity index (χ2n) is 0.941. The molecular weight excluding hydrogens is 302 g/mol. The minimum atomic E-state index is -5.17. The summed E-state index contributed by atoms with van der Waals surface area (Å²) in [5.41, 5.74) is 0. The molecule has 80 valence electrons. The van der Waals surface area contributed by atoms with Gasteiger partial charge in [0.25, 0.3) is 0 Å². The van der Waals surface area contributed by atoms with Crippen LogP contribution in [0.25, 0.3) is 0 Å². The fourth-order valence-corrected chi connectivity index (χ4v) is 0. The van der Waals surface area contributed by atoms with Crippen LogP contribution in [0.1, 0.15) is 0 Å². The maximum absolute atomic E-state index is 8.56. The zero-order valence-corrected chi connectivity index (χ0v) is 15.3. The molecule has 0 amide bonds. The second-order valence-corrected chi connectivity index (χ2v) is 1.76. The van der Waals surface area contributed by atoms with Crippen molar-refractivity contribution < 1.29 is 107 Å². The van der Waals surface area contributed by atoms with Gasteiger partial charge in [0, 0.05) is 10.4 Å². The molecule has 0 saturated carbocycles. The van der Waals surface area contributed by atoms with Crippen LogP contribution in [-0.4, -0.2) is 77.8 Å². The summed E-state index contributed by atoms with van der Waals surface area (Å²) in [4.78, 5) is 16.9. The molecular formula is C2H2CaNa2O10S. The van der Waals surface area contributed by atoms with Crippen LogP contribution in [0.3, 0.4) is 0 Å². The molecule has 14 heteroatoms. The van der Waals surface area contributed by atoms with E-state index in [0.29, 0.717) is 0 Å². The predicted molar refractivity (Wildman–Crippen MR) is 32.3 cm³/mol. The normalized spacial score (nSPS) is 6.62. The van der Waals surface area contributed by atoms with Gasteiger partial charge in [-0.05, 0) is 6.16 Å². The number of hydrogen-bond donors (Lipinski definition) is 2. The van der Waals surface area contributed by atoms with Crippen molar-refractivity contribution in [1.82, 2.24) is 0 Å². The molecule has 0 aliphatic carbocycles. The average molecular weight is 304 g/mol. The van der Waals surface area contributed by atoms with Crippen molar-refractivity contribution in [2.75, 3.05) is 0 Å². The molecule has 0 aromatic heterocycles. The van der Waals surface area contributed by atoms with E-state index < -0.39 is 22.7 Å². The van der Waals surface area contributed by atoms with E-state index in [2.05, 4.69) is 0 Å². The van der Waals surface area contributed by atoms with Gasteiger partial charge >= 0.3 is 103 Å². The summed E-state index contributed by atoms with van der Waals surface area (Å²) in [6.07, 6.45) is -4.17. The van der Waals surface area contributed by atoms with Crippen molar-refractivity contribution in [3.05, 3.63) is 0 Å². The van der Waals surface area contributed by atoms with Crippen LogP contribution in [0, 0.1) is 0 Å². The quantitative estimate of drug-likeness (QED) is 0.246. The van der Waals surface area contributed by atoms with E-state index >= 15 is 0 Å². The molecule has 0 unspecified atom stereocenters. The first kappa shape index (κ1) is 36.1. The molecule has 10 nitrogen and oxygen atoms in total. The second kappa shape index (κ2) is 21.9. The molecule has 2 N–H and O–H groups in total. The van der Waals surface area contributed by atoms with Crippen LogP contribution < -0.4 is 69.3 Å². The van der Waals surface area contributed by atoms with Crippen LogP contribution in [0.15, 0.2) is 0 Å². The smallest absolute Gasteiger partial charge is 0.759 e. The SMILES string of the molecule is O=C(O)O.O=C([O-])[O-].O=S(=O)([O-])[O-].[Ca+2].[Na+].[Na+]. The zero-order chi connectivity index (χ0) is 11.7. The van der Waals surface area contributed by atoms with Crippen LogP contribution in [0.4, 0.5) is 9.59 Å². The maximum Gasteiger partial charge on any atom is 2.00 e. The average Bonchev–Trinajstić information content (AvgIpc) is 1.50. The van der Waals surface area contributed by atoms with Crippen molar-refractivity contribution in [3.8, 4) is 0 Å². The summed E-state index contributed by atoms with van der Waals surface area (Å²) in [6.45, 7) is 0. The third-order valence-electron chi connectivity index (χ3n) is 0. The van der Waals surface area contributed by atoms with Crippen LogP contribution in [0.2, 0.25) is 0 Å². The molecule has 0 radical (unpaired) electrons. The minimum absolute atomic E-state index is 0. The number of carbonyl (C=O) groups excluding carboxylic acids is 1. The molecule has 0 aromatic rings. The molecule has 0 heterocycles. The van der Waals surface area contributed by atoms with E-state index in [4.69, 9.17) is 47.5 Å². The standard InChI is InChI=1S/2CH2O3.Ca.2Na.H2O4S/c2*2-1(3)4;;;;1-5(2,3)4/h2*(H2,2,3,4);;;;(H2,1,2,3,4)/q;;+2;2*+1;/p-4. The fourth-order valence-electron chi connectivity index (χ4n) is 0. The molecule has 0 aromatic carbocycles. The van der Waals surface area contributed by atoms with Crippen molar-refractivity contribution in [2.24, 2.45) is 0 Å². The van der Waals surface area contributed by atoms with Crippen molar-refractivity contribution >= 4 is 60.4 Å². The van der Waals surface area contributed by atoms with Gasteiger partial charge in [0.2, 0.25) is 0 Å². The van der Waals surface area contributed by atoms with E-state index in [9.17, 15) is 0 Å². The molecule has 16 heavy (non-hydrogen) atoms. The Morgan fingerprint density at radius 1 is 0.938 bits per heavy atom. The Balaban J connectivity index is -0.0000000216. The van der Waals surface area contributed by atoms with Gasteiger partial charge in [0.1, 0.15) is 0 Å². The molecule has 0 bridgehead atoms. The van der Waals surface area contributed by atoms with E-state index in [1.807, 2.05) is 0 Å². The van der Waals surface area contributed by atoms with Gasteiger partial charge < -0.3 is 34.3 Å². The molecule has 0 saturated heterocycles. The third kappa shape index (κ3) is 1210. The number of hydrogen-bond acceptors (Lipinski definition) is 8.